The molecule has 0 unspecified atom stereocenters. The quantitative estimate of drug-likeness (QED) is 0.460. The summed E-state index contributed by atoms with van der Waals surface area (Å²) in [4.78, 5) is 32.2. The number of aryl methyl sites for hydroxylation is 1. The number of ether oxygens (including phenoxy) is 1. The van der Waals surface area contributed by atoms with Crippen LogP contribution < -0.4 is 10.1 Å². The van der Waals surface area contributed by atoms with Gasteiger partial charge in [-0.25, -0.2) is 4.98 Å². The Morgan fingerprint density at radius 1 is 1.10 bits per heavy atom. The van der Waals surface area contributed by atoms with Gasteiger partial charge >= 0.3 is 0 Å². The molecule has 7 nitrogen and oxygen atoms in total. The molecule has 2 aromatic carbocycles. The smallest absolute Gasteiger partial charge is 0.223 e. The first-order chi connectivity index (χ1) is 15.0. The van der Waals surface area contributed by atoms with Crippen LogP contribution in [0.4, 0.5) is 5.95 Å². The molecule has 4 rings (SSSR count). The maximum atomic E-state index is 11.7. The van der Waals surface area contributed by atoms with E-state index < -0.39 is 0 Å². The lowest BCUT2D eigenvalue weighted by atomic mass is 10.2. The van der Waals surface area contributed by atoms with Crippen LogP contribution >= 0.6 is 0 Å². The van der Waals surface area contributed by atoms with Gasteiger partial charge in [-0.05, 0) is 42.8 Å². The fourth-order valence-electron chi connectivity index (χ4n) is 3.35. The fourth-order valence-corrected chi connectivity index (χ4v) is 3.35. The van der Waals surface area contributed by atoms with Crippen LogP contribution in [0.2, 0.25) is 0 Å². The molecule has 0 saturated carbocycles. The summed E-state index contributed by atoms with van der Waals surface area (Å²) >= 11 is 0. The highest BCUT2D eigenvalue weighted by Gasteiger charge is 2.16. The molecule has 0 spiro atoms. The molecular weight excluding hydrogens is 392 g/mol. The maximum Gasteiger partial charge on any atom is 0.223 e. The van der Waals surface area contributed by atoms with E-state index in [1.54, 1.807) is 18.2 Å². The molecule has 156 valence electrons. The number of carbonyl (C=O) groups is 2. The number of rotatable bonds is 7. The fraction of sp³-hybridized carbons (Fsp3) is 0.167. The number of aldehydes is 1. The Labute approximate surface area is 179 Å². The molecule has 0 atom stereocenters. The van der Waals surface area contributed by atoms with Gasteiger partial charge in [0.1, 0.15) is 24.3 Å². The number of imidazole rings is 1. The Kier molecular flexibility index (Phi) is 5.75. The summed E-state index contributed by atoms with van der Waals surface area (Å²) in [6, 6.07) is 18.9. The predicted molar refractivity (Wildman–Crippen MR) is 118 cm³/mol. The zero-order chi connectivity index (χ0) is 21.8. The summed E-state index contributed by atoms with van der Waals surface area (Å²) in [6.45, 7) is 4.08. The molecule has 1 amide bonds. The lowest BCUT2D eigenvalue weighted by Gasteiger charge is -2.14. The van der Waals surface area contributed by atoms with Gasteiger partial charge in [0, 0.05) is 18.2 Å². The molecule has 2 aromatic heterocycles. The molecule has 0 radical (unpaired) electrons. The summed E-state index contributed by atoms with van der Waals surface area (Å²) in [5.41, 5.74) is 4.54. The van der Waals surface area contributed by atoms with Crippen molar-refractivity contribution >= 4 is 29.2 Å². The number of anilines is 1. The third kappa shape index (κ3) is 4.61. The van der Waals surface area contributed by atoms with Gasteiger partial charge < -0.3 is 9.30 Å². The first kappa shape index (κ1) is 20.3. The van der Waals surface area contributed by atoms with Gasteiger partial charge in [0.25, 0.3) is 0 Å². The molecule has 0 bridgehead atoms. The SMILES string of the molecule is CC(=O)Nc1nc2ccc(C=O)cc2n1Cc1nc(C)ccc1OCc1ccccc1. The van der Waals surface area contributed by atoms with Crippen molar-refractivity contribution in [3.63, 3.8) is 0 Å². The number of pyridine rings is 1. The van der Waals surface area contributed by atoms with Gasteiger partial charge in [-0.3, -0.25) is 19.9 Å². The first-order valence-corrected chi connectivity index (χ1v) is 9.90. The summed E-state index contributed by atoms with van der Waals surface area (Å²) in [5.74, 6) is 0.810. The van der Waals surface area contributed by atoms with E-state index in [2.05, 4.69) is 15.3 Å². The third-order valence-corrected chi connectivity index (χ3v) is 4.81. The van der Waals surface area contributed by atoms with Crippen LogP contribution in [0.1, 0.15) is 34.2 Å². The maximum absolute atomic E-state index is 11.7. The summed E-state index contributed by atoms with van der Waals surface area (Å²) in [7, 11) is 0. The summed E-state index contributed by atoms with van der Waals surface area (Å²) in [5, 5.41) is 2.77. The Morgan fingerprint density at radius 3 is 2.65 bits per heavy atom. The van der Waals surface area contributed by atoms with Crippen molar-refractivity contribution in [2.45, 2.75) is 27.0 Å². The number of hydrogen-bond donors (Lipinski definition) is 1. The predicted octanol–water partition coefficient (Wildman–Crippen LogP) is 4.14. The van der Waals surface area contributed by atoms with Gasteiger partial charge in [0.15, 0.2) is 0 Å². The normalized spacial score (nSPS) is 10.8. The van der Waals surface area contributed by atoms with Gasteiger partial charge in [-0.15, -0.1) is 0 Å². The van der Waals surface area contributed by atoms with Crippen molar-refractivity contribution in [2.24, 2.45) is 0 Å². The van der Waals surface area contributed by atoms with Crippen molar-refractivity contribution in [3.05, 3.63) is 83.2 Å². The second kappa shape index (κ2) is 8.79. The topological polar surface area (TPSA) is 86.1 Å². The number of carbonyl (C=O) groups excluding carboxylic acids is 2. The molecular formula is C24H22N4O3. The molecule has 0 aliphatic rings. The molecule has 4 aromatic rings. The molecule has 1 N–H and O–H groups in total. The third-order valence-electron chi connectivity index (χ3n) is 4.81. The number of hydrogen-bond acceptors (Lipinski definition) is 5. The van der Waals surface area contributed by atoms with Crippen LogP contribution in [-0.4, -0.2) is 26.7 Å². The van der Waals surface area contributed by atoms with E-state index in [0.29, 0.717) is 41.6 Å². The highest BCUT2D eigenvalue weighted by Crippen LogP contribution is 2.26. The Bertz CT molecular complexity index is 1250. The Morgan fingerprint density at radius 2 is 1.90 bits per heavy atom. The standard InChI is InChI=1S/C24H22N4O3/c1-16-8-11-23(31-15-18-6-4-3-5-7-18)21(25-16)13-28-22-12-19(14-29)9-10-20(22)27-24(28)26-17(2)30/h3-12,14H,13,15H2,1-2H3,(H,26,27,30). The number of nitrogens with one attached hydrogen (secondary N) is 1. The molecule has 31 heavy (non-hydrogen) atoms. The van der Waals surface area contributed by atoms with E-state index in [-0.39, 0.29) is 5.91 Å². The van der Waals surface area contributed by atoms with E-state index in [9.17, 15) is 9.59 Å². The van der Waals surface area contributed by atoms with E-state index in [4.69, 9.17) is 4.74 Å². The zero-order valence-electron chi connectivity index (χ0n) is 17.3. The van der Waals surface area contributed by atoms with Crippen molar-refractivity contribution < 1.29 is 14.3 Å². The zero-order valence-corrected chi connectivity index (χ0v) is 17.3. The molecule has 2 heterocycles. The lowest BCUT2D eigenvalue weighted by Crippen LogP contribution is -2.14. The first-order valence-electron chi connectivity index (χ1n) is 9.90. The number of aromatic nitrogens is 3. The number of fused-ring (bicyclic) bond motifs is 1. The van der Waals surface area contributed by atoms with Crippen molar-refractivity contribution in [1.82, 2.24) is 14.5 Å². The Balaban J connectivity index is 1.73. The number of amides is 1. The summed E-state index contributed by atoms with van der Waals surface area (Å²) < 4.78 is 7.90. The largest absolute Gasteiger partial charge is 0.487 e. The van der Waals surface area contributed by atoms with E-state index in [0.717, 1.165) is 23.1 Å². The number of nitrogens with zero attached hydrogens (tertiary/aromatic N) is 3. The molecule has 0 aliphatic carbocycles. The van der Waals surface area contributed by atoms with Crippen LogP contribution in [0.15, 0.2) is 60.7 Å². The average Bonchev–Trinajstić information content (AvgIpc) is 3.09. The van der Waals surface area contributed by atoms with Crippen LogP contribution in [-0.2, 0) is 17.9 Å². The molecule has 0 aliphatic heterocycles. The van der Waals surface area contributed by atoms with Crippen LogP contribution in [0.5, 0.6) is 5.75 Å². The molecule has 0 fully saturated rings. The van der Waals surface area contributed by atoms with E-state index in [1.807, 2.05) is 54.0 Å². The minimum atomic E-state index is -0.232. The van der Waals surface area contributed by atoms with Gasteiger partial charge in [-0.2, -0.15) is 0 Å². The minimum absolute atomic E-state index is 0.232. The highest BCUT2D eigenvalue weighted by atomic mass is 16.5. The molecule has 0 saturated heterocycles. The van der Waals surface area contributed by atoms with Gasteiger partial charge in [0.05, 0.1) is 17.6 Å². The second-order valence-electron chi connectivity index (χ2n) is 7.24. The summed E-state index contributed by atoms with van der Waals surface area (Å²) in [6.07, 6.45) is 0.786. The van der Waals surface area contributed by atoms with Gasteiger partial charge in [0.2, 0.25) is 11.9 Å². The lowest BCUT2D eigenvalue weighted by molar-refractivity contribution is -0.114. The monoisotopic (exact) mass is 414 g/mol. The second-order valence-corrected chi connectivity index (χ2v) is 7.24. The van der Waals surface area contributed by atoms with Crippen LogP contribution in [0.25, 0.3) is 11.0 Å². The van der Waals surface area contributed by atoms with E-state index in [1.165, 1.54) is 6.92 Å². The van der Waals surface area contributed by atoms with E-state index >= 15 is 0 Å². The van der Waals surface area contributed by atoms with Crippen LogP contribution in [0.3, 0.4) is 0 Å². The van der Waals surface area contributed by atoms with Crippen molar-refractivity contribution in [2.75, 3.05) is 5.32 Å². The van der Waals surface area contributed by atoms with Crippen molar-refractivity contribution in [1.29, 1.82) is 0 Å². The number of benzene rings is 2. The van der Waals surface area contributed by atoms with Gasteiger partial charge in [-0.1, -0.05) is 30.3 Å². The Hall–Kier alpha value is -4.00. The van der Waals surface area contributed by atoms with Crippen molar-refractivity contribution in [3.8, 4) is 5.75 Å². The van der Waals surface area contributed by atoms with Crippen LogP contribution in [0, 0.1) is 6.92 Å². The molecule has 7 heteroatoms. The minimum Gasteiger partial charge on any atom is -0.487 e. The highest BCUT2D eigenvalue weighted by molar-refractivity contribution is 5.91. The average molecular weight is 414 g/mol.